The SMILES string of the molecule is CC(=O)c1cc(Cl)cc(C)c1OC(=O)C1CCCCC1. The van der Waals surface area contributed by atoms with Gasteiger partial charge >= 0.3 is 5.97 Å². The van der Waals surface area contributed by atoms with E-state index in [-0.39, 0.29) is 17.7 Å². The van der Waals surface area contributed by atoms with Gasteiger partial charge in [-0.1, -0.05) is 30.9 Å². The van der Waals surface area contributed by atoms with Gasteiger partial charge in [-0.05, 0) is 44.4 Å². The molecule has 0 spiro atoms. The first kappa shape index (κ1) is 15.0. The highest BCUT2D eigenvalue weighted by Gasteiger charge is 2.25. The Labute approximate surface area is 124 Å². The van der Waals surface area contributed by atoms with Gasteiger partial charge in [-0.2, -0.15) is 0 Å². The molecule has 1 aliphatic rings. The zero-order chi connectivity index (χ0) is 14.7. The van der Waals surface area contributed by atoms with E-state index in [0.29, 0.717) is 21.9 Å². The zero-order valence-corrected chi connectivity index (χ0v) is 12.6. The molecule has 0 aliphatic heterocycles. The molecule has 0 radical (unpaired) electrons. The lowest BCUT2D eigenvalue weighted by Crippen LogP contribution is -2.23. The normalized spacial score (nSPS) is 15.9. The number of ether oxygens (including phenoxy) is 1. The Morgan fingerprint density at radius 2 is 1.85 bits per heavy atom. The highest BCUT2D eigenvalue weighted by molar-refractivity contribution is 6.31. The minimum atomic E-state index is -0.224. The Kier molecular flexibility index (Phi) is 4.81. The molecule has 0 heterocycles. The molecule has 0 unspecified atom stereocenters. The maximum atomic E-state index is 12.2. The number of rotatable bonds is 3. The van der Waals surface area contributed by atoms with Crippen LogP contribution in [-0.2, 0) is 4.79 Å². The van der Waals surface area contributed by atoms with Crippen LogP contribution in [0.25, 0.3) is 0 Å². The number of esters is 1. The van der Waals surface area contributed by atoms with E-state index in [9.17, 15) is 9.59 Å². The van der Waals surface area contributed by atoms with Crippen molar-refractivity contribution in [3.8, 4) is 5.75 Å². The predicted molar refractivity (Wildman–Crippen MR) is 78.4 cm³/mol. The van der Waals surface area contributed by atoms with Crippen LogP contribution in [0.3, 0.4) is 0 Å². The van der Waals surface area contributed by atoms with Gasteiger partial charge < -0.3 is 4.74 Å². The summed E-state index contributed by atoms with van der Waals surface area (Å²) in [6.45, 7) is 3.24. The summed E-state index contributed by atoms with van der Waals surface area (Å²) in [4.78, 5) is 23.9. The second-order valence-electron chi connectivity index (χ2n) is 5.41. The minimum Gasteiger partial charge on any atom is -0.425 e. The van der Waals surface area contributed by atoms with Crippen LogP contribution in [0.4, 0.5) is 0 Å². The average molecular weight is 295 g/mol. The standard InChI is InChI=1S/C16H19ClO3/c1-10-8-13(17)9-14(11(2)18)15(10)20-16(19)12-6-4-3-5-7-12/h8-9,12H,3-7H2,1-2H3. The lowest BCUT2D eigenvalue weighted by atomic mass is 9.89. The predicted octanol–water partition coefficient (Wildman–Crippen LogP) is 4.34. The molecule has 1 aliphatic carbocycles. The topological polar surface area (TPSA) is 43.4 Å². The zero-order valence-electron chi connectivity index (χ0n) is 11.9. The lowest BCUT2D eigenvalue weighted by Gasteiger charge is -2.21. The van der Waals surface area contributed by atoms with Crippen molar-refractivity contribution in [1.29, 1.82) is 0 Å². The molecule has 0 atom stereocenters. The minimum absolute atomic E-state index is 0.0429. The van der Waals surface area contributed by atoms with Crippen molar-refractivity contribution < 1.29 is 14.3 Å². The van der Waals surface area contributed by atoms with Gasteiger partial charge in [0.2, 0.25) is 0 Å². The Bertz CT molecular complexity index is 531. The van der Waals surface area contributed by atoms with E-state index in [1.54, 1.807) is 19.1 Å². The van der Waals surface area contributed by atoms with Crippen molar-refractivity contribution in [3.05, 3.63) is 28.3 Å². The maximum absolute atomic E-state index is 12.2. The second kappa shape index (κ2) is 6.40. The van der Waals surface area contributed by atoms with Crippen LogP contribution < -0.4 is 4.74 Å². The van der Waals surface area contributed by atoms with Crippen molar-refractivity contribution in [2.24, 2.45) is 5.92 Å². The van der Waals surface area contributed by atoms with Crippen molar-refractivity contribution in [3.63, 3.8) is 0 Å². The fourth-order valence-electron chi connectivity index (χ4n) is 2.65. The van der Waals surface area contributed by atoms with Crippen LogP contribution >= 0.6 is 11.6 Å². The number of Topliss-reactive ketones (excluding diaryl/α,β-unsaturated/α-hetero) is 1. The van der Waals surface area contributed by atoms with E-state index in [1.165, 1.54) is 13.3 Å². The summed E-state index contributed by atoms with van der Waals surface area (Å²) in [5, 5.41) is 0.477. The van der Waals surface area contributed by atoms with Gasteiger partial charge in [-0.25, -0.2) is 0 Å². The molecule has 0 aromatic heterocycles. The molecule has 20 heavy (non-hydrogen) atoms. The summed E-state index contributed by atoms with van der Waals surface area (Å²) < 4.78 is 5.51. The molecule has 2 rings (SSSR count). The third-order valence-electron chi connectivity index (χ3n) is 3.76. The fraction of sp³-hybridized carbons (Fsp3) is 0.500. The average Bonchev–Trinajstić information content (AvgIpc) is 2.42. The number of hydrogen-bond acceptors (Lipinski definition) is 3. The molecule has 0 amide bonds. The molecule has 3 nitrogen and oxygen atoms in total. The highest BCUT2D eigenvalue weighted by atomic mass is 35.5. The third-order valence-corrected chi connectivity index (χ3v) is 3.98. The van der Waals surface area contributed by atoms with Gasteiger partial charge in [-0.3, -0.25) is 9.59 Å². The molecule has 1 aromatic rings. The molecule has 0 bridgehead atoms. The summed E-state index contributed by atoms with van der Waals surface area (Å²) >= 11 is 5.96. The largest absolute Gasteiger partial charge is 0.425 e. The first-order valence-corrected chi connectivity index (χ1v) is 7.39. The van der Waals surface area contributed by atoms with Crippen LogP contribution in [0.2, 0.25) is 5.02 Å². The van der Waals surface area contributed by atoms with Gasteiger partial charge in [0.1, 0.15) is 5.75 Å². The molecule has 1 saturated carbocycles. The maximum Gasteiger partial charge on any atom is 0.314 e. The van der Waals surface area contributed by atoms with E-state index in [4.69, 9.17) is 16.3 Å². The number of halogens is 1. The summed E-state index contributed by atoms with van der Waals surface area (Å²) in [6.07, 6.45) is 5.07. The molecular formula is C16H19ClO3. The van der Waals surface area contributed by atoms with Gasteiger partial charge in [-0.15, -0.1) is 0 Å². The quantitative estimate of drug-likeness (QED) is 0.473. The first-order chi connectivity index (χ1) is 9.49. The summed E-state index contributed by atoms with van der Waals surface area (Å²) in [7, 11) is 0. The van der Waals surface area contributed by atoms with Crippen LogP contribution in [0.1, 0.15) is 54.9 Å². The van der Waals surface area contributed by atoms with Gasteiger partial charge in [0, 0.05) is 5.02 Å². The molecule has 0 N–H and O–H groups in total. The molecule has 108 valence electrons. The van der Waals surface area contributed by atoms with E-state index in [2.05, 4.69) is 0 Å². The molecule has 1 fully saturated rings. The van der Waals surface area contributed by atoms with E-state index < -0.39 is 0 Å². The monoisotopic (exact) mass is 294 g/mol. The molecule has 1 aromatic carbocycles. The molecule has 4 heteroatoms. The molecular weight excluding hydrogens is 276 g/mol. The Balaban J connectivity index is 2.23. The summed E-state index contributed by atoms with van der Waals surface area (Å²) in [5.74, 6) is -0.0595. The van der Waals surface area contributed by atoms with Gasteiger partial charge in [0.05, 0.1) is 11.5 Å². The third kappa shape index (κ3) is 3.40. The van der Waals surface area contributed by atoms with Crippen LogP contribution in [0.15, 0.2) is 12.1 Å². The summed E-state index contributed by atoms with van der Waals surface area (Å²) in [5.41, 5.74) is 1.09. The van der Waals surface area contributed by atoms with E-state index >= 15 is 0 Å². The van der Waals surface area contributed by atoms with Gasteiger partial charge in [0.25, 0.3) is 0 Å². The number of carbonyl (C=O) groups excluding carboxylic acids is 2. The first-order valence-electron chi connectivity index (χ1n) is 7.02. The highest BCUT2D eigenvalue weighted by Crippen LogP contribution is 2.31. The van der Waals surface area contributed by atoms with E-state index in [0.717, 1.165) is 25.7 Å². The van der Waals surface area contributed by atoms with Crippen LogP contribution in [-0.4, -0.2) is 11.8 Å². The second-order valence-corrected chi connectivity index (χ2v) is 5.85. The van der Waals surface area contributed by atoms with Crippen molar-refractivity contribution in [2.75, 3.05) is 0 Å². The van der Waals surface area contributed by atoms with Crippen LogP contribution in [0.5, 0.6) is 5.75 Å². The van der Waals surface area contributed by atoms with Crippen LogP contribution in [0, 0.1) is 12.8 Å². The Hall–Kier alpha value is -1.35. The molecule has 0 saturated heterocycles. The Morgan fingerprint density at radius 3 is 2.45 bits per heavy atom. The lowest BCUT2D eigenvalue weighted by molar-refractivity contribution is -0.140. The van der Waals surface area contributed by atoms with Crippen molar-refractivity contribution >= 4 is 23.4 Å². The van der Waals surface area contributed by atoms with E-state index in [1.807, 2.05) is 0 Å². The number of hydrogen-bond donors (Lipinski definition) is 0. The Morgan fingerprint density at radius 1 is 1.20 bits per heavy atom. The number of ketones is 1. The number of carbonyl (C=O) groups is 2. The number of benzene rings is 1. The number of aryl methyl sites for hydroxylation is 1. The summed E-state index contributed by atoms with van der Waals surface area (Å²) in [6, 6.07) is 3.26. The van der Waals surface area contributed by atoms with Crippen molar-refractivity contribution in [1.82, 2.24) is 0 Å². The fourth-order valence-corrected chi connectivity index (χ4v) is 2.92. The van der Waals surface area contributed by atoms with Gasteiger partial charge in [0.15, 0.2) is 5.78 Å². The van der Waals surface area contributed by atoms with Crippen molar-refractivity contribution in [2.45, 2.75) is 46.0 Å². The smallest absolute Gasteiger partial charge is 0.314 e.